The van der Waals surface area contributed by atoms with E-state index in [1.807, 2.05) is 35.0 Å². The zero-order chi connectivity index (χ0) is 9.28. The molecule has 0 radical (unpaired) electrons. The van der Waals surface area contributed by atoms with Crippen LogP contribution in [-0.4, -0.2) is 36.7 Å². The second-order valence-corrected chi connectivity index (χ2v) is 4.19. The summed E-state index contributed by atoms with van der Waals surface area (Å²) in [7, 11) is 5.87. The highest BCUT2D eigenvalue weighted by Crippen LogP contribution is 2.19. The average molecular weight is 178 g/mol. The van der Waals surface area contributed by atoms with E-state index < -0.39 is 11.0 Å². The zero-order valence-corrected chi connectivity index (χ0v) is 8.61. The average Bonchev–Trinajstić information content (AvgIpc) is 1.56. The minimum Gasteiger partial charge on any atom is -0.403 e. The Morgan fingerprint density at radius 3 is 1.82 bits per heavy atom. The second kappa shape index (κ2) is 3.03. The molecular formula is C7H16NO2S+. The Balaban J connectivity index is 4.34. The van der Waals surface area contributed by atoms with Crippen LogP contribution < -0.4 is 0 Å². The van der Waals surface area contributed by atoms with Crippen LogP contribution in [0.3, 0.4) is 0 Å². The van der Waals surface area contributed by atoms with Crippen molar-refractivity contribution < 1.29 is 14.0 Å². The molecule has 0 spiro atoms. The van der Waals surface area contributed by atoms with E-state index in [2.05, 4.69) is 12.6 Å². The van der Waals surface area contributed by atoms with Gasteiger partial charge in [-0.3, -0.25) is 4.48 Å². The van der Waals surface area contributed by atoms with Crippen LogP contribution in [0.1, 0.15) is 13.8 Å². The van der Waals surface area contributed by atoms with Gasteiger partial charge >= 0.3 is 5.30 Å². The molecule has 0 aromatic carbocycles. The van der Waals surface area contributed by atoms with Gasteiger partial charge in [-0.2, -0.15) is 0 Å². The standard InChI is InChI=1S/C7H15NO2S/c1-7(2,8(3,4)5)10-6(9)11/h1-5H3/p+1. The quantitative estimate of drug-likeness (QED) is 0.300. The molecule has 0 bridgehead atoms. The Hall–Kier alpha value is -0.220. The summed E-state index contributed by atoms with van der Waals surface area (Å²) in [4.78, 5) is 10.5. The molecule has 0 rings (SSSR count). The van der Waals surface area contributed by atoms with Crippen LogP contribution in [0.2, 0.25) is 0 Å². The first-order valence-electron chi connectivity index (χ1n) is 3.40. The number of hydrogen-bond donors (Lipinski definition) is 1. The van der Waals surface area contributed by atoms with Gasteiger partial charge in [0.2, 0.25) is 5.72 Å². The Morgan fingerprint density at radius 1 is 1.36 bits per heavy atom. The first-order chi connectivity index (χ1) is 4.67. The SMILES string of the molecule is CC(C)(OC(=O)S)[N+](C)(C)C. The Kier molecular flexibility index (Phi) is 2.97. The van der Waals surface area contributed by atoms with Crippen molar-refractivity contribution in [3.05, 3.63) is 0 Å². The fourth-order valence-electron chi connectivity index (χ4n) is 0.351. The van der Waals surface area contributed by atoms with Gasteiger partial charge in [-0.15, -0.1) is 0 Å². The van der Waals surface area contributed by atoms with Crippen LogP contribution >= 0.6 is 12.6 Å². The summed E-state index contributed by atoms with van der Waals surface area (Å²) in [6.45, 7) is 3.70. The third kappa shape index (κ3) is 3.12. The molecule has 0 aliphatic carbocycles. The Morgan fingerprint density at radius 2 is 1.73 bits per heavy atom. The first kappa shape index (κ1) is 10.8. The van der Waals surface area contributed by atoms with Crippen molar-refractivity contribution >= 4 is 17.9 Å². The number of rotatable bonds is 2. The number of thiol groups is 1. The first-order valence-corrected chi connectivity index (χ1v) is 3.85. The van der Waals surface area contributed by atoms with Gasteiger partial charge in [-0.1, -0.05) is 12.6 Å². The van der Waals surface area contributed by atoms with Crippen molar-refractivity contribution in [1.82, 2.24) is 0 Å². The fraction of sp³-hybridized carbons (Fsp3) is 0.857. The topological polar surface area (TPSA) is 26.3 Å². The molecule has 0 aromatic rings. The molecule has 0 saturated carbocycles. The molecule has 11 heavy (non-hydrogen) atoms. The molecule has 0 atom stereocenters. The maximum absolute atomic E-state index is 10.5. The van der Waals surface area contributed by atoms with Gasteiger partial charge in [0.1, 0.15) is 0 Å². The van der Waals surface area contributed by atoms with Crippen molar-refractivity contribution in [2.24, 2.45) is 0 Å². The van der Waals surface area contributed by atoms with Gasteiger partial charge in [0.05, 0.1) is 21.1 Å². The number of carbonyl (C=O) groups is 1. The van der Waals surface area contributed by atoms with Gasteiger partial charge in [-0.25, -0.2) is 4.79 Å². The van der Waals surface area contributed by atoms with Crippen molar-refractivity contribution in [1.29, 1.82) is 0 Å². The van der Waals surface area contributed by atoms with Gasteiger partial charge in [0.25, 0.3) is 0 Å². The molecule has 66 valence electrons. The third-order valence-electron chi connectivity index (χ3n) is 1.95. The number of ether oxygens (including phenoxy) is 1. The predicted octanol–water partition coefficient (Wildman–Crippen LogP) is 1.50. The number of nitrogens with zero attached hydrogens (tertiary/aromatic N) is 1. The molecule has 0 N–H and O–H groups in total. The van der Waals surface area contributed by atoms with E-state index >= 15 is 0 Å². The monoisotopic (exact) mass is 178 g/mol. The summed E-state index contributed by atoms with van der Waals surface area (Å²) >= 11 is 3.55. The van der Waals surface area contributed by atoms with Crippen LogP contribution in [0.5, 0.6) is 0 Å². The van der Waals surface area contributed by atoms with Crippen LogP contribution in [-0.2, 0) is 4.74 Å². The largest absolute Gasteiger partial charge is 0.403 e. The molecule has 0 fully saturated rings. The molecule has 0 unspecified atom stereocenters. The molecule has 0 saturated heterocycles. The van der Waals surface area contributed by atoms with Crippen molar-refractivity contribution in [2.75, 3.05) is 21.1 Å². The Bertz CT molecular complexity index is 160. The van der Waals surface area contributed by atoms with Gasteiger partial charge in [0, 0.05) is 13.8 Å². The zero-order valence-electron chi connectivity index (χ0n) is 7.71. The van der Waals surface area contributed by atoms with Crippen molar-refractivity contribution in [3.63, 3.8) is 0 Å². The van der Waals surface area contributed by atoms with E-state index in [4.69, 9.17) is 4.74 Å². The van der Waals surface area contributed by atoms with Crippen LogP contribution in [0, 0.1) is 0 Å². The van der Waals surface area contributed by atoms with E-state index in [1.54, 1.807) is 0 Å². The summed E-state index contributed by atoms with van der Waals surface area (Å²) in [5, 5.41) is -0.539. The van der Waals surface area contributed by atoms with Crippen LogP contribution in [0.25, 0.3) is 0 Å². The lowest BCUT2D eigenvalue weighted by molar-refractivity contribution is -0.942. The molecule has 4 heteroatoms. The molecule has 0 aliphatic rings. The molecule has 0 amide bonds. The molecule has 0 aliphatic heterocycles. The number of quaternary nitrogens is 1. The molecular weight excluding hydrogens is 162 g/mol. The minimum absolute atomic E-state index is 0.529. The van der Waals surface area contributed by atoms with E-state index in [9.17, 15) is 4.79 Å². The predicted molar refractivity (Wildman–Crippen MR) is 47.6 cm³/mol. The van der Waals surface area contributed by atoms with Gasteiger partial charge in [0.15, 0.2) is 0 Å². The summed E-state index contributed by atoms with van der Waals surface area (Å²) < 4.78 is 5.55. The van der Waals surface area contributed by atoms with Gasteiger partial charge in [-0.05, 0) is 0 Å². The highest BCUT2D eigenvalue weighted by Gasteiger charge is 2.35. The smallest absolute Gasteiger partial charge is 0.368 e. The normalized spacial score (nSPS) is 12.9. The van der Waals surface area contributed by atoms with E-state index in [-0.39, 0.29) is 0 Å². The van der Waals surface area contributed by atoms with E-state index in [0.717, 1.165) is 0 Å². The molecule has 3 nitrogen and oxygen atoms in total. The van der Waals surface area contributed by atoms with E-state index in [1.165, 1.54) is 0 Å². The van der Waals surface area contributed by atoms with Crippen LogP contribution in [0.4, 0.5) is 4.79 Å². The van der Waals surface area contributed by atoms with Gasteiger partial charge < -0.3 is 4.74 Å². The van der Waals surface area contributed by atoms with E-state index in [0.29, 0.717) is 4.48 Å². The number of carbonyl (C=O) groups excluding carboxylic acids is 1. The maximum atomic E-state index is 10.5. The maximum Gasteiger partial charge on any atom is 0.368 e. The van der Waals surface area contributed by atoms with Crippen molar-refractivity contribution in [2.45, 2.75) is 19.6 Å². The lowest BCUT2D eigenvalue weighted by atomic mass is 10.2. The second-order valence-electron chi connectivity index (χ2n) is 3.83. The minimum atomic E-state index is -0.539. The molecule has 0 heterocycles. The Labute approximate surface area is 73.3 Å². The highest BCUT2D eigenvalue weighted by atomic mass is 32.1. The number of hydrogen-bond acceptors (Lipinski definition) is 2. The third-order valence-corrected chi connectivity index (χ3v) is 2.04. The van der Waals surface area contributed by atoms with Crippen LogP contribution in [0.15, 0.2) is 0 Å². The lowest BCUT2D eigenvalue weighted by Gasteiger charge is -2.39. The summed E-state index contributed by atoms with van der Waals surface area (Å²) in [5.41, 5.74) is -0.529. The fourth-order valence-corrected chi connectivity index (χ4v) is 0.574. The summed E-state index contributed by atoms with van der Waals surface area (Å²) in [5.74, 6) is 0. The summed E-state index contributed by atoms with van der Waals surface area (Å²) in [6, 6.07) is 0. The lowest BCUT2D eigenvalue weighted by Crippen LogP contribution is -2.55. The van der Waals surface area contributed by atoms with Crippen molar-refractivity contribution in [3.8, 4) is 0 Å². The highest BCUT2D eigenvalue weighted by molar-refractivity contribution is 7.96. The summed E-state index contributed by atoms with van der Waals surface area (Å²) in [6.07, 6.45) is 0. The molecule has 0 aromatic heterocycles.